The fourth-order valence-corrected chi connectivity index (χ4v) is 16.5. The molecule has 0 aliphatic heterocycles. The highest BCUT2D eigenvalue weighted by Gasteiger charge is 2.39. The van der Waals surface area contributed by atoms with Crippen LogP contribution in [-0.2, 0) is 10.8 Å². The van der Waals surface area contributed by atoms with Crippen molar-refractivity contribution in [3.8, 4) is 89.0 Å². The molecule has 2 aliphatic carbocycles. The van der Waals surface area contributed by atoms with Crippen LogP contribution in [-0.4, -0.2) is 0 Å². The fourth-order valence-electron chi connectivity index (χ4n) is 16.5. The van der Waals surface area contributed by atoms with Gasteiger partial charge in [0.25, 0.3) is 0 Å². The van der Waals surface area contributed by atoms with Crippen molar-refractivity contribution in [3.05, 3.63) is 298 Å². The van der Waals surface area contributed by atoms with Gasteiger partial charge in [0.05, 0.1) is 0 Å². The lowest BCUT2D eigenvalue weighted by molar-refractivity contribution is 0.660. The number of fused-ring (bicyclic) bond motifs is 12. The topological polar surface area (TPSA) is 0 Å². The molecule has 15 aromatic carbocycles. The second kappa shape index (κ2) is 19.7. The maximum absolute atomic E-state index is 2.55. The third-order valence-corrected chi connectivity index (χ3v) is 20.9. The molecule has 0 heteroatoms. The van der Waals surface area contributed by atoms with Crippen LogP contribution >= 0.6 is 0 Å². The molecular formula is C90H70. The smallest absolute Gasteiger partial charge is 0.0159 e. The summed E-state index contributed by atoms with van der Waals surface area (Å²) >= 11 is 0. The van der Waals surface area contributed by atoms with Crippen LogP contribution in [0.15, 0.2) is 243 Å². The summed E-state index contributed by atoms with van der Waals surface area (Å²) in [6.07, 6.45) is 0. The summed E-state index contributed by atoms with van der Waals surface area (Å²) in [4.78, 5) is 0. The van der Waals surface area contributed by atoms with Crippen molar-refractivity contribution in [1.82, 2.24) is 0 Å². The van der Waals surface area contributed by atoms with Gasteiger partial charge in [0.1, 0.15) is 0 Å². The molecule has 0 saturated heterocycles. The number of aryl methyl sites for hydroxylation is 6. The zero-order valence-electron chi connectivity index (χ0n) is 53.1. The highest BCUT2D eigenvalue weighted by molar-refractivity contribution is 6.30. The highest BCUT2D eigenvalue weighted by Crippen LogP contribution is 2.57. The zero-order chi connectivity index (χ0) is 61.2. The zero-order valence-corrected chi connectivity index (χ0v) is 53.1. The summed E-state index contributed by atoms with van der Waals surface area (Å²) in [5, 5.41) is 15.5. The van der Waals surface area contributed by atoms with Gasteiger partial charge in [-0.05, 0) is 242 Å². The molecule has 0 fully saturated rings. The summed E-state index contributed by atoms with van der Waals surface area (Å²) in [5.74, 6) is 0. The first-order valence-electron chi connectivity index (χ1n) is 32.2. The first-order chi connectivity index (χ1) is 43.6. The summed E-state index contributed by atoms with van der Waals surface area (Å²) in [6, 6.07) is 93.9. The Balaban J connectivity index is 0.771. The van der Waals surface area contributed by atoms with Gasteiger partial charge in [-0.1, -0.05) is 279 Å². The van der Waals surface area contributed by atoms with Crippen LogP contribution in [0.1, 0.15) is 83.3 Å². The van der Waals surface area contributed by atoms with Gasteiger partial charge in [-0.25, -0.2) is 0 Å². The molecule has 0 bridgehead atoms. The molecule has 0 saturated carbocycles. The molecular weight excluding hydrogens is 1080 g/mol. The van der Waals surface area contributed by atoms with Crippen LogP contribution < -0.4 is 0 Å². The maximum Gasteiger partial charge on any atom is 0.0159 e. The monoisotopic (exact) mass is 1150 g/mol. The largest absolute Gasteiger partial charge is 0.0622 e. The SMILES string of the molecule is Cc1ccc2c(-c3ccc4c(c3)C(C)(C)c3cc(-c5ccc6c(c5)C(C)(C)c5cc(-c7c8cc(C)ccc8c(-c8c9ccc(C)cc9c(-c9ccccc9)c9ccc(C)cc89)c8cc(C)ccc78)ccc5-6)ccc3-4)c3cc(C)ccc3c(-c3ccccc3)c2c1. The molecule has 0 radical (unpaired) electrons. The first kappa shape index (κ1) is 54.0. The average Bonchev–Trinajstić information content (AvgIpc) is 0.798. The quantitative estimate of drug-likeness (QED) is 0.146. The van der Waals surface area contributed by atoms with Crippen molar-refractivity contribution in [2.45, 2.75) is 80.1 Å². The Morgan fingerprint density at radius 2 is 0.400 bits per heavy atom. The van der Waals surface area contributed by atoms with E-state index in [1.807, 2.05) is 0 Å². The average molecular weight is 1150 g/mol. The van der Waals surface area contributed by atoms with E-state index >= 15 is 0 Å². The standard InChI is InChI=1S/C90H70/c1-51-22-32-68-73(41-51)83(57-17-13-11-14-18-57)67-31-21-52(2)42-74(67)85(68)61-29-39-65-63-37-27-59(47-79(63)89(7,8)81(65)49-61)60-28-38-64-66-40-30-62(50-82(66)90(9,10)80(64)48-60)86-70-34-24-56(6)46-78(70)88(72-36-26-54(4)44-76(72)86)87-71-35-25-53(3)43-75(71)84(58-19-15-12-16-20-58)69-33-23-55(5)45-77(69)87/h11-50H,1-10H3. The van der Waals surface area contributed by atoms with Gasteiger partial charge in [-0.3, -0.25) is 0 Å². The van der Waals surface area contributed by atoms with E-state index in [-0.39, 0.29) is 10.8 Å². The van der Waals surface area contributed by atoms with Gasteiger partial charge >= 0.3 is 0 Å². The minimum absolute atomic E-state index is 0.224. The van der Waals surface area contributed by atoms with Gasteiger partial charge in [-0.15, -0.1) is 0 Å². The van der Waals surface area contributed by atoms with E-state index in [2.05, 4.69) is 312 Å². The third-order valence-electron chi connectivity index (χ3n) is 20.9. The Kier molecular flexibility index (Phi) is 11.8. The van der Waals surface area contributed by atoms with Gasteiger partial charge in [0.15, 0.2) is 0 Å². The molecule has 0 unspecified atom stereocenters. The predicted octanol–water partition coefficient (Wildman–Crippen LogP) is 25.1. The van der Waals surface area contributed by atoms with Crippen molar-refractivity contribution < 1.29 is 0 Å². The van der Waals surface area contributed by atoms with Gasteiger partial charge < -0.3 is 0 Å². The van der Waals surface area contributed by atoms with E-state index in [9.17, 15) is 0 Å². The fraction of sp³-hybridized carbons (Fsp3) is 0.133. The van der Waals surface area contributed by atoms with Gasteiger partial charge in [0, 0.05) is 10.8 Å². The van der Waals surface area contributed by atoms with Crippen LogP contribution in [0.25, 0.3) is 154 Å². The Labute approximate surface area is 528 Å². The first-order valence-corrected chi connectivity index (χ1v) is 32.2. The summed E-state index contributed by atoms with van der Waals surface area (Å²) < 4.78 is 0. The normalized spacial score (nSPS) is 13.6. The predicted molar refractivity (Wildman–Crippen MR) is 388 cm³/mol. The molecule has 17 rings (SSSR count). The second-order valence-corrected chi connectivity index (χ2v) is 27.6. The van der Waals surface area contributed by atoms with Gasteiger partial charge in [-0.2, -0.15) is 0 Å². The molecule has 430 valence electrons. The molecule has 0 aromatic heterocycles. The summed E-state index contributed by atoms with van der Waals surface area (Å²) in [7, 11) is 0. The van der Waals surface area contributed by atoms with Crippen LogP contribution in [0, 0.1) is 41.5 Å². The summed E-state index contributed by atoms with van der Waals surface area (Å²) in [6.45, 7) is 23.2. The van der Waals surface area contributed by atoms with Crippen LogP contribution in [0.4, 0.5) is 0 Å². The molecule has 90 heavy (non-hydrogen) atoms. The molecule has 0 nitrogen and oxygen atoms in total. The minimum Gasteiger partial charge on any atom is -0.0622 e. The Morgan fingerprint density at radius 1 is 0.178 bits per heavy atom. The van der Waals surface area contributed by atoms with Gasteiger partial charge in [0.2, 0.25) is 0 Å². The van der Waals surface area contributed by atoms with Crippen molar-refractivity contribution in [3.63, 3.8) is 0 Å². The number of hydrogen-bond acceptors (Lipinski definition) is 0. The number of benzene rings is 15. The van der Waals surface area contributed by atoms with E-state index in [4.69, 9.17) is 0 Å². The Hall–Kier alpha value is -10.1. The molecule has 15 aromatic rings. The van der Waals surface area contributed by atoms with E-state index in [1.165, 1.54) is 209 Å². The van der Waals surface area contributed by atoms with Crippen LogP contribution in [0.2, 0.25) is 0 Å². The lowest BCUT2D eigenvalue weighted by Crippen LogP contribution is -2.15. The van der Waals surface area contributed by atoms with E-state index in [0.29, 0.717) is 0 Å². The highest BCUT2D eigenvalue weighted by atomic mass is 14.4. The van der Waals surface area contributed by atoms with Crippen molar-refractivity contribution in [2.75, 3.05) is 0 Å². The van der Waals surface area contributed by atoms with Crippen molar-refractivity contribution in [2.24, 2.45) is 0 Å². The second-order valence-electron chi connectivity index (χ2n) is 27.6. The Morgan fingerprint density at radius 3 is 0.678 bits per heavy atom. The molecule has 0 atom stereocenters. The molecule has 0 spiro atoms. The van der Waals surface area contributed by atoms with Crippen LogP contribution in [0.5, 0.6) is 0 Å². The Bertz CT molecular complexity index is 5630. The number of hydrogen-bond donors (Lipinski definition) is 0. The van der Waals surface area contributed by atoms with E-state index in [0.717, 1.165) is 0 Å². The number of rotatable bonds is 6. The van der Waals surface area contributed by atoms with E-state index in [1.54, 1.807) is 0 Å². The molecule has 0 N–H and O–H groups in total. The summed E-state index contributed by atoms with van der Waals surface area (Å²) in [5.41, 5.74) is 33.3. The molecule has 0 amide bonds. The molecule has 2 aliphatic rings. The lowest BCUT2D eigenvalue weighted by Gasteiger charge is -2.25. The minimum atomic E-state index is -0.253. The van der Waals surface area contributed by atoms with Crippen molar-refractivity contribution >= 4 is 64.6 Å². The lowest BCUT2D eigenvalue weighted by atomic mass is 9.78. The van der Waals surface area contributed by atoms with E-state index < -0.39 is 0 Å². The maximum atomic E-state index is 2.55. The van der Waals surface area contributed by atoms with Crippen molar-refractivity contribution in [1.29, 1.82) is 0 Å². The van der Waals surface area contributed by atoms with Crippen LogP contribution in [0.3, 0.4) is 0 Å². The molecule has 0 heterocycles. The third kappa shape index (κ3) is 7.99.